The second kappa shape index (κ2) is 9.68. The Morgan fingerprint density at radius 3 is 2.58 bits per heavy atom. The standard InChI is InChI=1S/C24H26FN3O2S/c1-16-13-28(14-17(2)30-16)15-18-7-9-19(10-8-18)23(29)27-24-26-12-21(31-24)11-20-5-3-4-6-22(20)25/h3-10,12,16-17H,11,13-15H2,1-2H3,(H,26,27,29)/t16-,17+. The molecule has 5 nitrogen and oxygen atoms in total. The maximum absolute atomic E-state index is 13.8. The number of benzene rings is 2. The lowest BCUT2D eigenvalue weighted by molar-refractivity contribution is -0.0704. The molecule has 162 valence electrons. The predicted octanol–water partition coefficient (Wildman–Crippen LogP) is 4.73. The third-order valence-corrected chi connectivity index (χ3v) is 6.13. The van der Waals surface area contributed by atoms with Gasteiger partial charge in [0.05, 0.1) is 12.2 Å². The third-order valence-electron chi connectivity index (χ3n) is 5.21. The number of anilines is 1. The zero-order valence-corrected chi connectivity index (χ0v) is 18.5. The molecular weight excluding hydrogens is 413 g/mol. The number of amides is 1. The first-order valence-corrected chi connectivity index (χ1v) is 11.2. The highest BCUT2D eigenvalue weighted by Crippen LogP contribution is 2.23. The first-order valence-electron chi connectivity index (χ1n) is 10.4. The van der Waals surface area contributed by atoms with Crippen LogP contribution in [0, 0.1) is 5.82 Å². The minimum Gasteiger partial charge on any atom is -0.373 e. The number of carbonyl (C=O) groups is 1. The van der Waals surface area contributed by atoms with Crippen LogP contribution < -0.4 is 5.32 Å². The van der Waals surface area contributed by atoms with Crippen LogP contribution in [-0.2, 0) is 17.7 Å². The summed E-state index contributed by atoms with van der Waals surface area (Å²) in [6, 6.07) is 14.3. The highest BCUT2D eigenvalue weighted by molar-refractivity contribution is 7.15. The Balaban J connectivity index is 1.34. The Labute approximate surface area is 185 Å². The molecule has 4 rings (SSSR count). The van der Waals surface area contributed by atoms with Gasteiger partial charge in [0.2, 0.25) is 0 Å². The van der Waals surface area contributed by atoms with Crippen LogP contribution >= 0.6 is 11.3 Å². The average molecular weight is 440 g/mol. The maximum atomic E-state index is 13.8. The van der Waals surface area contributed by atoms with Crippen LogP contribution in [0.4, 0.5) is 9.52 Å². The van der Waals surface area contributed by atoms with E-state index in [-0.39, 0.29) is 23.9 Å². The Bertz CT molecular complexity index is 1030. The Morgan fingerprint density at radius 2 is 1.87 bits per heavy atom. The van der Waals surface area contributed by atoms with Gasteiger partial charge in [-0.15, -0.1) is 11.3 Å². The van der Waals surface area contributed by atoms with E-state index in [1.165, 1.54) is 23.0 Å². The molecule has 31 heavy (non-hydrogen) atoms. The van der Waals surface area contributed by atoms with E-state index in [4.69, 9.17) is 4.74 Å². The quantitative estimate of drug-likeness (QED) is 0.603. The average Bonchev–Trinajstić information content (AvgIpc) is 3.16. The van der Waals surface area contributed by atoms with E-state index in [1.807, 2.05) is 30.3 Å². The summed E-state index contributed by atoms with van der Waals surface area (Å²) >= 11 is 1.36. The van der Waals surface area contributed by atoms with Crippen molar-refractivity contribution in [2.75, 3.05) is 18.4 Å². The molecule has 1 saturated heterocycles. The molecule has 1 N–H and O–H groups in total. The minimum atomic E-state index is -0.234. The van der Waals surface area contributed by atoms with Gasteiger partial charge in [-0.3, -0.25) is 15.0 Å². The highest BCUT2D eigenvalue weighted by atomic mass is 32.1. The third kappa shape index (κ3) is 5.76. The van der Waals surface area contributed by atoms with E-state index in [1.54, 1.807) is 18.3 Å². The van der Waals surface area contributed by atoms with Crippen LogP contribution in [0.3, 0.4) is 0 Å². The van der Waals surface area contributed by atoms with Gasteiger partial charge in [-0.25, -0.2) is 9.37 Å². The van der Waals surface area contributed by atoms with Gasteiger partial charge in [-0.1, -0.05) is 30.3 Å². The van der Waals surface area contributed by atoms with Crippen molar-refractivity contribution in [1.29, 1.82) is 0 Å². The molecule has 1 aliphatic rings. The normalized spacial score (nSPS) is 19.3. The van der Waals surface area contributed by atoms with Gasteiger partial charge in [-0.05, 0) is 43.2 Å². The number of hydrogen-bond donors (Lipinski definition) is 1. The van der Waals surface area contributed by atoms with Gasteiger partial charge in [0.15, 0.2) is 5.13 Å². The molecule has 3 aromatic rings. The maximum Gasteiger partial charge on any atom is 0.257 e. The second-order valence-electron chi connectivity index (χ2n) is 8.00. The summed E-state index contributed by atoms with van der Waals surface area (Å²) in [5.74, 6) is -0.436. The number of hydrogen-bond acceptors (Lipinski definition) is 5. The number of halogens is 1. The van der Waals surface area contributed by atoms with E-state index in [0.29, 0.717) is 22.7 Å². The van der Waals surface area contributed by atoms with Gasteiger partial charge >= 0.3 is 0 Å². The molecule has 0 saturated carbocycles. The molecule has 0 unspecified atom stereocenters. The molecular formula is C24H26FN3O2S. The number of carbonyl (C=O) groups excluding carboxylic acids is 1. The summed E-state index contributed by atoms with van der Waals surface area (Å²) in [6.45, 7) is 6.84. The fourth-order valence-electron chi connectivity index (χ4n) is 3.88. The second-order valence-corrected chi connectivity index (χ2v) is 9.12. The monoisotopic (exact) mass is 439 g/mol. The molecule has 0 spiro atoms. The predicted molar refractivity (Wildman–Crippen MR) is 121 cm³/mol. The largest absolute Gasteiger partial charge is 0.373 e. The fourth-order valence-corrected chi connectivity index (χ4v) is 4.71. The van der Waals surface area contributed by atoms with Crippen molar-refractivity contribution < 1.29 is 13.9 Å². The molecule has 0 radical (unpaired) electrons. The van der Waals surface area contributed by atoms with Crippen LogP contribution in [0.2, 0.25) is 0 Å². The van der Waals surface area contributed by atoms with Gasteiger partial charge in [-0.2, -0.15) is 0 Å². The van der Waals surface area contributed by atoms with E-state index < -0.39 is 0 Å². The Hall–Kier alpha value is -2.61. The lowest BCUT2D eigenvalue weighted by Gasteiger charge is -2.35. The van der Waals surface area contributed by atoms with Crippen molar-refractivity contribution in [3.63, 3.8) is 0 Å². The molecule has 1 aromatic heterocycles. The zero-order valence-electron chi connectivity index (χ0n) is 17.7. The summed E-state index contributed by atoms with van der Waals surface area (Å²) in [7, 11) is 0. The van der Waals surface area contributed by atoms with E-state index in [2.05, 4.69) is 29.0 Å². The number of rotatable bonds is 6. The van der Waals surface area contributed by atoms with E-state index >= 15 is 0 Å². The van der Waals surface area contributed by atoms with Crippen LogP contribution in [0.25, 0.3) is 0 Å². The van der Waals surface area contributed by atoms with Gasteiger partial charge in [0.1, 0.15) is 5.82 Å². The molecule has 1 fully saturated rings. The van der Waals surface area contributed by atoms with Gasteiger partial charge < -0.3 is 4.74 Å². The minimum absolute atomic E-state index is 0.202. The van der Waals surface area contributed by atoms with E-state index in [0.717, 1.165) is 24.5 Å². The van der Waals surface area contributed by atoms with Crippen LogP contribution in [0.5, 0.6) is 0 Å². The van der Waals surface area contributed by atoms with Crippen molar-refractivity contribution in [3.05, 3.63) is 82.1 Å². The highest BCUT2D eigenvalue weighted by Gasteiger charge is 2.22. The van der Waals surface area contributed by atoms with Gasteiger partial charge in [0.25, 0.3) is 5.91 Å². The number of thiazole rings is 1. The van der Waals surface area contributed by atoms with Crippen LogP contribution in [-0.4, -0.2) is 41.1 Å². The molecule has 2 heterocycles. The molecule has 2 aromatic carbocycles. The summed E-state index contributed by atoms with van der Waals surface area (Å²) in [6.07, 6.45) is 2.60. The Kier molecular flexibility index (Phi) is 6.75. The van der Waals surface area contributed by atoms with Crippen LogP contribution in [0.1, 0.15) is 40.2 Å². The smallest absolute Gasteiger partial charge is 0.257 e. The van der Waals surface area contributed by atoms with Gasteiger partial charge in [0, 0.05) is 42.7 Å². The fraction of sp³-hybridized carbons (Fsp3) is 0.333. The van der Waals surface area contributed by atoms with Crippen LogP contribution in [0.15, 0.2) is 54.7 Å². The molecule has 0 aliphatic carbocycles. The van der Waals surface area contributed by atoms with Crippen molar-refractivity contribution in [3.8, 4) is 0 Å². The number of nitrogens with one attached hydrogen (secondary N) is 1. The lowest BCUT2D eigenvalue weighted by Crippen LogP contribution is -2.44. The number of morpholine rings is 1. The number of nitrogens with zero attached hydrogens (tertiary/aromatic N) is 2. The van der Waals surface area contributed by atoms with E-state index in [9.17, 15) is 9.18 Å². The first kappa shape index (κ1) is 21.6. The number of ether oxygens (including phenoxy) is 1. The summed E-state index contributed by atoms with van der Waals surface area (Å²) in [5, 5.41) is 3.35. The first-order chi connectivity index (χ1) is 15.0. The molecule has 7 heteroatoms. The SMILES string of the molecule is C[C@@H]1CN(Cc2ccc(C(=O)Nc3ncc(Cc4ccccc4F)s3)cc2)C[C@H](C)O1. The number of aromatic nitrogens is 1. The molecule has 1 aliphatic heterocycles. The van der Waals surface area contributed by atoms with Crippen molar-refractivity contribution >= 4 is 22.4 Å². The van der Waals surface area contributed by atoms with Crippen molar-refractivity contribution in [2.24, 2.45) is 0 Å². The molecule has 1 amide bonds. The molecule has 2 atom stereocenters. The molecule has 0 bridgehead atoms. The summed E-state index contributed by atoms with van der Waals surface area (Å²) in [5.41, 5.74) is 2.36. The Morgan fingerprint density at radius 1 is 1.16 bits per heavy atom. The van der Waals surface area contributed by atoms with Crippen molar-refractivity contribution in [2.45, 2.75) is 39.0 Å². The zero-order chi connectivity index (χ0) is 21.8. The summed E-state index contributed by atoms with van der Waals surface area (Å²) < 4.78 is 19.6. The topological polar surface area (TPSA) is 54.5 Å². The summed E-state index contributed by atoms with van der Waals surface area (Å²) in [4.78, 5) is 20.1. The van der Waals surface area contributed by atoms with Crippen molar-refractivity contribution in [1.82, 2.24) is 9.88 Å². The lowest BCUT2D eigenvalue weighted by atomic mass is 10.1.